The molecule has 2 amide bonds. The molecule has 1 saturated heterocycles. The number of carbonyl (C=O) groups is 1. The highest BCUT2D eigenvalue weighted by Gasteiger charge is 2.22. The number of halogens is 1. The summed E-state index contributed by atoms with van der Waals surface area (Å²) in [5.41, 5.74) is 0.735. The van der Waals surface area contributed by atoms with E-state index in [1.807, 2.05) is 24.1 Å². The maximum Gasteiger partial charge on any atom is 0.321 e. The van der Waals surface area contributed by atoms with E-state index in [2.05, 4.69) is 10.6 Å². The molecule has 1 aromatic carbocycles. The summed E-state index contributed by atoms with van der Waals surface area (Å²) in [7, 11) is 1.93. The van der Waals surface area contributed by atoms with Crippen molar-refractivity contribution in [2.75, 3.05) is 25.5 Å². The number of likely N-dealkylation sites (tertiary alicyclic amines) is 1. The molecule has 0 spiro atoms. The van der Waals surface area contributed by atoms with Gasteiger partial charge in [-0.25, -0.2) is 4.79 Å². The van der Waals surface area contributed by atoms with Crippen molar-refractivity contribution in [3.63, 3.8) is 0 Å². The molecular formula is C13H18ClN3O. The molecule has 0 bridgehead atoms. The third kappa shape index (κ3) is 3.37. The average molecular weight is 268 g/mol. The van der Waals surface area contributed by atoms with Crippen molar-refractivity contribution in [3.05, 3.63) is 29.3 Å². The number of likely N-dealkylation sites (N-methyl/N-ethyl adjacent to an activating group) is 1. The van der Waals surface area contributed by atoms with Gasteiger partial charge in [0, 0.05) is 29.8 Å². The summed E-state index contributed by atoms with van der Waals surface area (Å²) in [6.45, 7) is 1.56. The number of benzene rings is 1. The minimum absolute atomic E-state index is 0.0581. The van der Waals surface area contributed by atoms with Crippen LogP contribution in [0.3, 0.4) is 0 Å². The molecule has 0 aromatic heterocycles. The minimum Gasteiger partial charge on any atom is -0.323 e. The Balaban J connectivity index is 1.95. The van der Waals surface area contributed by atoms with E-state index in [1.165, 1.54) is 0 Å². The summed E-state index contributed by atoms with van der Waals surface area (Å²) in [4.78, 5) is 13.9. The van der Waals surface area contributed by atoms with Crippen molar-refractivity contribution in [1.29, 1.82) is 0 Å². The van der Waals surface area contributed by atoms with Crippen LogP contribution in [0, 0.1) is 0 Å². The summed E-state index contributed by atoms with van der Waals surface area (Å²) in [6, 6.07) is 7.53. The van der Waals surface area contributed by atoms with Crippen LogP contribution in [0.5, 0.6) is 0 Å². The van der Waals surface area contributed by atoms with Crippen LogP contribution in [-0.2, 0) is 0 Å². The quantitative estimate of drug-likeness (QED) is 0.865. The lowest BCUT2D eigenvalue weighted by Gasteiger charge is -2.32. The van der Waals surface area contributed by atoms with Gasteiger partial charge in [0.15, 0.2) is 0 Å². The molecule has 2 rings (SSSR count). The maximum absolute atomic E-state index is 12.1. The molecule has 5 heteroatoms. The van der Waals surface area contributed by atoms with Crippen molar-refractivity contribution in [1.82, 2.24) is 10.2 Å². The Hall–Kier alpha value is -1.26. The highest BCUT2D eigenvalue weighted by molar-refractivity contribution is 6.30. The Morgan fingerprint density at radius 3 is 3.06 bits per heavy atom. The van der Waals surface area contributed by atoms with Gasteiger partial charge in [-0.3, -0.25) is 0 Å². The van der Waals surface area contributed by atoms with E-state index in [9.17, 15) is 4.79 Å². The van der Waals surface area contributed by atoms with Crippen LogP contribution in [0.2, 0.25) is 5.02 Å². The topological polar surface area (TPSA) is 44.4 Å². The minimum atomic E-state index is -0.0581. The van der Waals surface area contributed by atoms with Crippen molar-refractivity contribution in [2.24, 2.45) is 0 Å². The molecule has 1 aliphatic heterocycles. The van der Waals surface area contributed by atoms with E-state index < -0.39 is 0 Å². The second-order valence-electron chi connectivity index (χ2n) is 4.51. The van der Waals surface area contributed by atoms with Crippen LogP contribution in [0.25, 0.3) is 0 Å². The first-order valence-electron chi connectivity index (χ1n) is 6.18. The molecule has 0 saturated carbocycles. The van der Waals surface area contributed by atoms with Crippen LogP contribution in [0.4, 0.5) is 10.5 Å². The van der Waals surface area contributed by atoms with Gasteiger partial charge in [-0.05, 0) is 38.1 Å². The van der Waals surface area contributed by atoms with Gasteiger partial charge >= 0.3 is 6.03 Å². The van der Waals surface area contributed by atoms with E-state index in [0.29, 0.717) is 11.1 Å². The molecule has 98 valence electrons. The monoisotopic (exact) mass is 267 g/mol. The SMILES string of the molecule is CNC1CCCN(C(=O)Nc2cccc(Cl)c2)C1. The Morgan fingerprint density at radius 2 is 2.33 bits per heavy atom. The molecule has 1 unspecified atom stereocenters. The molecule has 0 aliphatic carbocycles. The second kappa shape index (κ2) is 6.07. The van der Waals surface area contributed by atoms with Gasteiger partial charge in [-0.15, -0.1) is 0 Å². The highest BCUT2D eigenvalue weighted by atomic mass is 35.5. The van der Waals surface area contributed by atoms with Crippen LogP contribution >= 0.6 is 11.6 Å². The fourth-order valence-electron chi connectivity index (χ4n) is 2.17. The lowest BCUT2D eigenvalue weighted by Crippen LogP contribution is -2.48. The number of carbonyl (C=O) groups excluding carboxylic acids is 1. The summed E-state index contributed by atoms with van der Waals surface area (Å²) in [6.07, 6.45) is 2.16. The zero-order valence-corrected chi connectivity index (χ0v) is 11.2. The van der Waals surface area contributed by atoms with Gasteiger partial charge in [0.1, 0.15) is 0 Å². The van der Waals surface area contributed by atoms with Gasteiger partial charge in [-0.1, -0.05) is 17.7 Å². The number of hydrogen-bond donors (Lipinski definition) is 2. The van der Waals surface area contributed by atoms with Gasteiger partial charge in [0.05, 0.1) is 0 Å². The molecule has 1 heterocycles. The van der Waals surface area contributed by atoms with Gasteiger partial charge in [0.25, 0.3) is 0 Å². The predicted molar refractivity (Wildman–Crippen MR) is 74.1 cm³/mol. The fourth-order valence-corrected chi connectivity index (χ4v) is 2.36. The van der Waals surface area contributed by atoms with E-state index in [0.717, 1.165) is 31.6 Å². The standard InChI is InChI=1S/C13H18ClN3O/c1-15-12-6-3-7-17(9-12)13(18)16-11-5-2-4-10(14)8-11/h2,4-5,8,12,15H,3,6-7,9H2,1H3,(H,16,18). The van der Waals surface area contributed by atoms with Crippen LogP contribution in [0.1, 0.15) is 12.8 Å². The van der Waals surface area contributed by atoms with Crippen molar-refractivity contribution in [2.45, 2.75) is 18.9 Å². The van der Waals surface area contributed by atoms with Crippen LogP contribution in [0.15, 0.2) is 24.3 Å². The van der Waals surface area contributed by atoms with Crippen molar-refractivity contribution < 1.29 is 4.79 Å². The smallest absolute Gasteiger partial charge is 0.321 e. The van der Waals surface area contributed by atoms with E-state index >= 15 is 0 Å². The second-order valence-corrected chi connectivity index (χ2v) is 4.95. The summed E-state index contributed by atoms with van der Waals surface area (Å²) in [5, 5.41) is 6.72. The van der Waals surface area contributed by atoms with Gasteiger partial charge in [0.2, 0.25) is 0 Å². The molecule has 18 heavy (non-hydrogen) atoms. The summed E-state index contributed by atoms with van der Waals surface area (Å²) in [5.74, 6) is 0. The predicted octanol–water partition coefficient (Wildman–Crippen LogP) is 2.56. The van der Waals surface area contributed by atoms with Crippen LogP contribution < -0.4 is 10.6 Å². The maximum atomic E-state index is 12.1. The first kappa shape index (κ1) is 13.2. The van der Waals surface area contributed by atoms with Crippen molar-refractivity contribution >= 4 is 23.3 Å². The van der Waals surface area contributed by atoms with E-state index in [-0.39, 0.29) is 6.03 Å². The van der Waals surface area contributed by atoms with Crippen LogP contribution in [-0.4, -0.2) is 37.1 Å². The molecule has 1 aromatic rings. The number of urea groups is 1. The molecule has 1 fully saturated rings. The number of hydrogen-bond acceptors (Lipinski definition) is 2. The number of piperidine rings is 1. The molecular weight excluding hydrogens is 250 g/mol. The number of anilines is 1. The third-order valence-corrected chi connectivity index (χ3v) is 3.43. The molecule has 1 aliphatic rings. The molecule has 4 nitrogen and oxygen atoms in total. The Labute approximate surface area is 112 Å². The van der Waals surface area contributed by atoms with Crippen molar-refractivity contribution in [3.8, 4) is 0 Å². The number of rotatable bonds is 2. The highest BCUT2D eigenvalue weighted by Crippen LogP contribution is 2.16. The van der Waals surface area contributed by atoms with Gasteiger partial charge < -0.3 is 15.5 Å². The zero-order valence-electron chi connectivity index (χ0n) is 10.4. The summed E-state index contributed by atoms with van der Waals surface area (Å²) < 4.78 is 0. The lowest BCUT2D eigenvalue weighted by molar-refractivity contribution is 0.187. The van der Waals surface area contributed by atoms with Gasteiger partial charge in [-0.2, -0.15) is 0 Å². The number of amides is 2. The first-order valence-corrected chi connectivity index (χ1v) is 6.55. The summed E-state index contributed by atoms with van der Waals surface area (Å²) >= 11 is 5.88. The fraction of sp³-hybridized carbons (Fsp3) is 0.462. The lowest BCUT2D eigenvalue weighted by atomic mass is 10.1. The zero-order chi connectivity index (χ0) is 13.0. The average Bonchev–Trinajstić information content (AvgIpc) is 2.39. The first-order chi connectivity index (χ1) is 8.69. The Morgan fingerprint density at radius 1 is 1.50 bits per heavy atom. The Kier molecular flexibility index (Phi) is 4.44. The third-order valence-electron chi connectivity index (χ3n) is 3.19. The molecule has 1 atom stereocenters. The van der Waals surface area contributed by atoms with E-state index in [4.69, 9.17) is 11.6 Å². The molecule has 0 radical (unpaired) electrons. The number of nitrogens with zero attached hydrogens (tertiary/aromatic N) is 1. The largest absolute Gasteiger partial charge is 0.323 e. The molecule has 2 N–H and O–H groups in total. The Bertz CT molecular complexity index is 424. The van der Waals surface area contributed by atoms with E-state index in [1.54, 1.807) is 12.1 Å². The normalized spacial score (nSPS) is 19.7. The number of nitrogens with one attached hydrogen (secondary N) is 2.